The highest BCUT2D eigenvalue weighted by molar-refractivity contribution is 5.94. The van der Waals surface area contributed by atoms with E-state index in [0.29, 0.717) is 38.1 Å². The van der Waals surface area contributed by atoms with Gasteiger partial charge in [0.05, 0.1) is 13.0 Å². The van der Waals surface area contributed by atoms with E-state index in [-0.39, 0.29) is 17.9 Å². The minimum atomic E-state index is -0.407. The van der Waals surface area contributed by atoms with Crippen LogP contribution in [0.15, 0.2) is 57.7 Å². The lowest BCUT2D eigenvalue weighted by atomic mass is 9.97. The van der Waals surface area contributed by atoms with Crippen molar-refractivity contribution in [2.75, 3.05) is 27.2 Å². The van der Waals surface area contributed by atoms with E-state index in [1.807, 2.05) is 49.4 Å². The van der Waals surface area contributed by atoms with Crippen molar-refractivity contribution < 1.29 is 18.7 Å². The van der Waals surface area contributed by atoms with Gasteiger partial charge in [0.25, 0.3) is 0 Å². The van der Waals surface area contributed by atoms with Crippen LogP contribution in [-0.4, -0.2) is 49.0 Å². The Morgan fingerprint density at radius 1 is 1.09 bits per heavy atom. The Morgan fingerprint density at radius 2 is 1.82 bits per heavy atom. The van der Waals surface area contributed by atoms with Crippen molar-refractivity contribution in [3.8, 4) is 11.1 Å². The average Bonchev–Trinajstić information content (AvgIpc) is 2.82. The van der Waals surface area contributed by atoms with Crippen molar-refractivity contribution in [3.05, 3.63) is 70.1 Å². The number of hydrogen-bond acceptors (Lipinski definition) is 5. The van der Waals surface area contributed by atoms with Gasteiger partial charge in [0.1, 0.15) is 5.58 Å². The van der Waals surface area contributed by atoms with Gasteiger partial charge >= 0.3 is 17.6 Å². The van der Waals surface area contributed by atoms with Crippen LogP contribution in [0.1, 0.15) is 24.0 Å². The normalized spacial score (nSPS) is 14.3. The van der Waals surface area contributed by atoms with E-state index in [2.05, 4.69) is 0 Å². The van der Waals surface area contributed by atoms with E-state index >= 15 is 0 Å². The number of fused-ring (bicyclic) bond motifs is 1. The third kappa shape index (κ3) is 4.77. The SMILES string of the molecule is COC(=O)C1CCN(C(=O)N(C)Cc2ccc3c(-c4ccccc4C)cc(=O)oc3c2)CC1. The van der Waals surface area contributed by atoms with Crippen molar-refractivity contribution in [3.63, 3.8) is 0 Å². The summed E-state index contributed by atoms with van der Waals surface area (Å²) in [6.45, 7) is 3.44. The summed E-state index contributed by atoms with van der Waals surface area (Å²) in [7, 11) is 3.14. The van der Waals surface area contributed by atoms with Crippen LogP contribution in [0.25, 0.3) is 22.1 Å². The molecule has 0 unspecified atom stereocenters. The van der Waals surface area contributed by atoms with Crippen LogP contribution in [0.4, 0.5) is 4.79 Å². The lowest BCUT2D eigenvalue weighted by molar-refractivity contribution is -0.146. The third-order valence-electron chi connectivity index (χ3n) is 6.29. The average molecular weight is 449 g/mol. The Kier molecular flexibility index (Phi) is 6.49. The van der Waals surface area contributed by atoms with Crippen molar-refractivity contribution in [1.82, 2.24) is 9.80 Å². The van der Waals surface area contributed by atoms with Gasteiger partial charge in [-0.25, -0.2) is 9.59 Å². The summed E-state index contributed by atoms with van der Waals surface area (Å²) in [4.78, 5) is 40.3. The second-order valence-corrected chi connectivity index (χ2v) is 8.55. The van der Waals surface area contributed by atoms with Gasteiger partial charge in [0.15, 0.2) is 0 Å². The van der Waals surface area contributed by atoms with Crippen molar-refractivity contribution >= 4 is 23.0 Å². The number of aryl methyl sites for hydroxylation is 1. The molecule has 172 valence electrons. The van der Waals surface area contributed by atoms with Gasteiger partial charge in [0, 0.05) is 43.7 Å². The molecule has 0 saturated carbocycles. The first-order chi connectivity index (χ1) is 15.9. The number of methoxy groups -OCH3 is 1. The lowest BCUT2D eigenvalue weighted by Gasteiger charge is -2.33. The van der Waals surface area contributed by atoms with Crippen molar-refractivity contribution in [2.24, 2.45) is 5.92 Å². The fraction of sp³-hybridized carbons (Fsp3) is 0.346. The molecular formula is C26H28N2O5. The summed E-state index contributed by atoms with van der Waals surface area (Å²) in [5.41, 5.74) is 3.87. The highest BCUT2D eigenvalue weighted by Crippen LogP contribution is 2.30. The number of carbonyl (C=O) groups excluding carboxylic acids is 2. The zero-order chi connectivity index (χ0) is 23.5. The number of nitrogens with zero attached hydrogens (tertiary/aromatic N) is 2. The van der Waals surface area contributed by atoms with E-state index in [1.54, 1.807) is 16.8 Å². The number of carbonyl (C=O) groups is 2. The van der Waals surface area contributed by atoms with Crippen LogP contribution in [0.3, 0.4) is 0 Å². The van der Waals surface area contributed by atoms with Gasteiger partial charge in [0.2, 0.25) is 0 Å². The Hall–Kier alpha value is -3.61. The van der Waals surface area contributed by atoms with E-state index in [1.165, 1.54) is 13.2 Å². The number of urea groups is 1. The minimum Gasteiger partial charge on any atom is -0.469 e. The maximum Gasteiger partial charge on any atom is 0.336 e. The predicted molar refractivity (Wildman–Crippen MR) is 126 cm³/mol. The molecule has 1 aliphatic heterocycles. The van der Waals surface area contributed by atoms with Gasteiger partial charge in [-0.05, 0) is 42.5 Å². The molecule has 1 saturated heterocycles. The Bertz CT molecular complexity index is 1240. The molecule has 2 heterocycles. The summed E-state index contributed by atoms with van der Waals surface area (Å²) in [6.07, 6.45) is 1.21. The molecule has 0 spiro atoms. The molecule has 0 bridgehead atoms. The van der Waals surface area contributed by atoms with Crippen LogP contribution in [0.2, 0.25) is 0 Å². The van der Waals surface area contributed by atoms with Crippen LogP contribution >= 0.6 is 0 Å². The first kappa shape index (κ1) is 22.6. The number of amides is 2. The van der Waals surface area contributed by atoms with E-state index in [9.17, 15) is 14.4 Å². The highest BCUT2D eigenvalue weighted by atomic mass is 16.5. The second kappa shape index (κ2) is 9.48. The Balaban J connectivity index is 1.51. The zero-order valence-corrected chi connectivity index (χ0v) is 19.2. The largest absolute Gasteiger partial charge is 0.469 e. The first-order valence-corrected chi connectivity index (χ1v) is 11.1. The standard InChI is InChI=1S/C26H28N2O5/c1-17-6-4-5-7-20(17)22-15-24(29)33-23-14-18(8-9-21(22)23)16-27(2)26(31)28-12-10-19(11-13-28)25(30)32-3/h4-9,14-15,19H,10-13,16H2,1-3H3. The number of likely N-dealkylation sites (tertiary alicyclic amines) is 1. The maximum absolute atomic E-state index is 12.9. The summed E-state index contributed by atoms with van der Waals surface area (Å²) < 4.78 is 10.3. The fourth-order valence-electron chi connectivity index (χ4n) is 4.46. The molecule has 7 heteroatoms. The van der Waals surface area contributed by atoms with Gasteiger partial charge in [-0.3, -0.25) is 4.79 Å². The second-order valence-electron chi connectivity index (χ2n) is 8.55. The number of benzene rings is 2. The van der Waals surface area contributed by atoms with Crippen LogP contribution in [-0.2, 0) is 16.1 Å². The topological polar surface area (TPSA) is 80.1 Å². The molecular weight excluding hydrogens is 420 g/mol. The van der Waals surface area contributed by atoms with E-state index in [4.69, 9.17) is 9.15 Å². The summed E-state index contributed by atoms with van der Waals surface area (Å²) in [5.74, 6) is -0.353. The zero-order valence-electron chi connectivity index (χ0n) is 19.2. The maximum atomic E-state index is 12.9. The molecule has 0 radical (unpaired) electrons. The lowest BCUT2D eigenvalue weighted by Crippen LogP contribution is -2.46. The molecule has 2 aromatic carbocycles. The van der Waals surface area contributed by atoms with Crippen molar-refractivity contribution in [2.45, 2.75) is 26.3 Å². The number of piperidine rings is 1. The van der Waals surface area contributed by atoms with Crippen LogP contribution in [0, 0.1) is 12.8 Å². The van der Waals surface area contributed by atoms with E-state index in [0.717, 1.165) is 27.6 Å². The summed E-state index contributed by atoms with van der Waals surface area (Å²) in [6, 6.07) is 15.1. The summed E-state index contributed by atoms with van der Waals surface area (Å²) >= 11 is 0. The molecule has 1 fully saturated rings. The summed E-state index contributed by atoms with van der Waals surface area (Å²) in [5, 5.41) is 0.853. The third-order valence-corrected chi connectivity index (χ3v) is 6.29. The quantitative estimate of drug-likeness (QED) is 0.441. The minimum absolute atomic E-state index is 0.0893. The molecule has 7 nitrogen and oxygen atoms in total. The van der Waals surface area contributed by atoms with Gasteiger partial charge in [-0.1, -0.05) is 36.4 Å². The van der Waals surface area contributed by atoms with Crippen LogP contribution in [0.5, 0.6) is 0 Å². The molecule has 4 rings (SSSR count). The smallest absolute Gasteiger partial charge is 0.336 e. The molecule has 1 aliphatic rings. The van der Waals surface area contributed by atoms with Gasteiger partial charge in [-0.2, -0.15) is 0 Å². The monoisotopic (exact) mass is 448 g/mol. The Labute approximate surface area is 192 Å². The fourth-order valence-corrected chi connectivity index (χ4v) is 4.46. The number of rotatable bonds is 4. The first-order valence-electron chi connectivity index (χ1n) is 11.1. The number of esters is 1. The van der Waals surface area contributed by atoms with Crippen molar-refractivity contribution in [1.29, 1.82) is 0 Å². The van der Waals surface area contributed by atoms with Gasteiger partial charge < -0.3 is 19.0 Å². The molecule has 2 amide bonds. The molecule has 33 heavy (non-hydrogen) atoms. The van der Waals surface area contributed by atoms with E-state index < -0.39 is 5.63 Å². The highest BCUT2D eigenvalue weighted by Gasteiger charge is 2.29. The predicted octanol–water partition coefficient (Wildman–Crippen LogP) is 4.21. The Morgan fingerprint density at radius 3 is 2.52 bits per heavy atom. The van der Waals surface area contributed by atoms with Crippen LogP contribution < -0.4 is 5.63 Å². The molecule has 1 aromatic heterocycles. The number of hydrogen-bond donors (Lipinski definition) is 0. The molecule has 3 aromatic rings. The number of ether oxygens (including phenoxy) is 1. The van der Waals surface area contributed by atoms with Gasteiger partial charge in [-0.15, -0.1) is 0 Å². The molecule has 0 atom stereocenters. The molecule has 0 N–H and O–H groups in total. The molecule has 0 aliphatic carbocycles.